The van der Waals surface area contributed by atoms with Crippen LogP contribution in [0.25, 0.3) is 0 Å². The van der Waals surface area contributed by atoms with Gasteiger partial charge in [0.1, 0.15) is 18.5 Å². The van der Waals surface area contributed by atoms with Crippen LogP contribution in [0.3, 0.4) is 0 Å². The Labute approximate surface area is 187 Å². The summed E-state index contributed by atoms with van der Waals surface area (Å²) in [7, 11) is 2.87. The van der Waals surface area contributed by atoms with E-state index in [1.807, 2.05) is 38.1 Å². The maximum Gasteiger partial charge on any atom is 0.311 e. The van der Waals surface area contributed by atoms with Gasteiger partial charge in [-0.3, -0.25) is 14.9 Å². The van der Waals surface area contributed by atoms with Crippen molar-refractivity contribution in [2.75, 3.05) is 27.4 Å². The van der Waals surface area contributed by atoms with Crippen molar-refractivity contribution in [3.63, 3.8) is 0 Å². The van der Waals surface area contributed by atoms with E-state index in [9.17, 15) is 20.0 Å². The van der Waals surface area contributed by atoms with Gasteiger partial charge in [0.05, 0.1) is 25.6 Å². The molecule has 0 saturated heterocycles. The van der Waals surface area contributed by atoms with Crippen molar-refractivity contribution in [2.45, 2.75) is 38.3 Å². The SMILES string of the molecule is COC(=O)Cc1ccc(OCC(O)CNC(C)(C)Cc2ccc(OC)cc2)c([N+](=O)[O-])c1. The largest absolute Gasteiger partial charge is 0.497 e. The summed E-state index contributed by atoms with van der Waals surface area (Å²) >= 11 is 0. The lowest BCUT2D eigenvalue weighted by atomic mass is 9.94. The van der Waals surface area contributed by atoms with E-state index in [2.05, 4.69) is 10.1 Å². The van der Waals surface area contributed by atoms with Crippen LogP contribution in [0.15, 0.2) is 42.5 Å². The van der Waals surface area contributed by atoms with Crippen LogP contribution in [0.1, 0.15) is 25.0 Å². The molecule has 0 aliphatic heterocycles. The first-order valence-corrected chi connectivity index (χ1v) is 10.2. The van der Waals surface area contributed by atoms with Gasteiger partial charge in [-0.2, -0.15) is 0 Å². The summed E-state index contributed by atoms with van der Waals surface area (Å²) in [4.78, 5) is 22.2. The Morgan fingerprint density at radius 1 is 1.16 bits per heavy atom. The highest BCUT2D eigenvalue weighted by Gasteiger charge is 2.21. The molecule has 32 heavy (non-hydrogen) atoms. The summed E-state index contributed by atoms with van der Waals surface area (Å²) < 4.78 is 15.2. The molecular formula is C23H30N2O7. The quantitative estimate of drug-likeness (QED) is 0.290. The van der Waals surface area contributed by atoms with Gasteiger partial charge in [-0.25, -0.2) is 0 Å². The van der Waals surface area contributed by atoms with E-state index in [1.165, 1.54) is 19.2 Å². The molecule has 174 valence electrons. The zero-order valence-corrected chi connectivity index (χ0v) is 18.8. The number of esters is 1. The van der Waals surface area contributed by atoms with Crippen molar-refractivity contribution >= 4 is 11.7 Å². The molecule has 0 saturated carbocycles. The van der Waals surface area contributed by atoms with Crippen LogP contribution in [0.4, 0.5) is 5.69 Å². The van der Waals surface area contributed by atoms with Crippen molar-refractivity contribution in [3.8, 4) is 11.5 Å². The number of ether oxygens (including phenoxy) is 3. The van der Waals surface area contributed by atoms with Gasteiger partial charge in [-0.15, -0.1) is 0 Å². The molecule has 0 heterocycles. The number of carbonyl (C=O) groups excluding carboxylic acids is 1. The van der Waals surface area contributed by atoms with Crippen LogP contribution in [0.2, 0.25) is 0 Å². The Hall–Kier alpha value is -3.17. The van der Waals surface area contributed by atoms with E-state index < -0.39 is 17.0 Å². The third-order valence-electron chi connectivity index (χ3n) is 4.85. The topological polar surface area (TPSA) is 120 Å². The first kappa shape index (κ1) is 25.1. The van der Waals surface area contributed by atoms with Gasteiger partial charge >= 0.3 is 11.7 Å². The van der Waals surface area contributed by atoms with E-state index in [0.29, 0.717) is 5.56 Å². The monoisotopic (exact) mass is 446 g/mol. The number of β-amino-alcohol motifs (C(OH)–C–C–N with tert-alkyl or cyclic N) is 1. The summed E-state index contributed by atoms with van der Waals surface area (Å²) in [6.45, 7) is 4.17. The highest BCUT2D eigenvalue weighted by atomic mass is 16.6. The van der Waals surface area contributed by atoms with Gasteiger partial charge in [0.2, 0.25) is 0 Å². The number of nitrogens with one attached hydrogen (secondary N) is 1. The highest BCUT2D eigenvalue weighted by Crippen LogP contribution is 2.28. The second kappa shape index (κ2) is 11.4. The molecule has 2 rings (SSSR count). The molecule has 0 aromatic heterocycles. The molecule has 2 aromatic carbocycles. The van der Waals surface area contributed by atoms with Crippen molar-refractivity contribution in [1.29, 1.82) is 0 Å². The number of hydrogen-bond acceptors (Lipinski definition) is 8. The average molecular weight is 447 g/mol. The number of aliphatic hydroxyl groups is 1. The molecule has 0 aliphatic rings. The van der Waals surface area contributed by atoms with Crippen molar-refractivity contribution in [3.05, 3.63) is 63.7 Å². The molecule has 2 N–H and O–H groups in total. The predicted molar refractivity (Wildman–Crippen MR) is 119 cm³/mol. The molecular weight excluding hydrogens is 416 g/mol. The molecule has 0 fully saturated rings. The maximum atomic E-state index is 11.4. The van der Waals surface area contributed by atoms with Crippen molar-refractivity contribution < 1.29 is 29.0 Å². The molecule has 0 amide bonds. The van der Waals surface area contributed by atoms with Crippen molar-refractivity contribution in [2.24, 2.45) is 0 Å². The van der Waals surface area contributed by atoms with Crippen LogP contribution >= 0.6 is 0 Å². The van der Waals surface area contributed by atoms with Gasteiger partial charge in [-0.05, 0) is 49.6 Å². The fraction of sp³-hybridized carbons (Fsp3) is 0.435. The molecule has 9 heteroatoms. The van der Waals surface area contributed by atoms with E-state index in [0.717, 1.165) is 17.7 Å². The van der Waals surface area contributed by atoms with Gasteiger partial charge in [0.25, 0.3) is 0 Å². The Balaban J connectivity index is 1.90. The van der Waals surface area contributed by atoms with E-state index in [4.69, 9.17) is 9.47 Å². The minimum Gasteiger partial charge on any atom is -0.497 e. The minimum atomic E-state index is -0.875. The fourth-order valence-corrected chi connectivity index (χ4v) is 3.13. The van der Waals surface area contributed by atoms with E-state index in [-0.39, 0.29) is 36.5 Å². The number of methoxy groups -OCH3 is 2. The van der Waals surface area contributed by atoms with Gasteiger partial charge in [-0.1, -0.05) is 18.2 Å². The molecule has 0 radical (unpaired) electrons. The number of carbonyl (C=O) groups is 1. The lowest BCUT2D eigenvalue weighted by Gasteiger charge is -2.28. The molecule has 0 bridgehead atoms. The maximum absolute atomic E-state index is 11.4. The Morgan fingerprint density at radius 3 is 2.41 bits per heavy atom. The summed E-state index contributed by atoms with van der Waals surface area (Å²) in [6.07, 6.45) is -0.218. The lowest BCUT2D eigenvalue weighted by Crippen LogP contribution is -2.46. The van der Waals surface area contributed by atoms with Gasteiger partial charge < -0.3 is 24.6 Å². The number of rotatable bonds is 12. The second-order valence-corrected chi connectivity index (χ2v) is 8.07. The number of nitro groups is 1. The zero-order chi connectivity index (χ0) is 23.7. The highest BCUT2D eigenvalue weighted by molar-refractivity contribution is 5.73. The Kier molecular flexibility index (Phi) is 8.98. The van der Waals surface area contributed by atoms with Crippen molar-refractivity contribution in [1.82, 2.24) is 5.32 Å². The van der Waals surface area contributed by atoms with E-state index in [1.54, 1.807) is 13.2 Å². The first-order valence-electron chi connectivity index (χ1n) is 10.2. The standard InChI is InChI=1S/C23H30N2O7/c1-23(2,13-16-5-8-19(30-3)9-6-16)24-14-18(26)15-32-21-10-7-17(12-22(27)31-4)11-20(21)25(28)29/h5-11,18,24,26H,12-15H2,1-4H3. The molecule has 0 aliphatic carbocycles. The van der Waals surface area contributed by atoms with E-state index >= 15 is 0 Å². The predicted octanol–water partition coefficient (Wildman–Crippen LogP) is 2.67. The van der Waals surface area contributed by atoms with Crippen LogP contribution in [0, 0.1) is 10.1 Å². The first-order chi connectivity index (χ1) is 15.1. The summed E-state index contributed by atoms with van der Waals surface area (Å²) in [5, 5.41) is 25.0. The molecule has 1 unspecified atom stereocenters. The Bertz CT molecular complexity index is 913. The molecule has 2 aromatic rings. The minimum absolute atomic E-state index is 0.0279. The number of benzene rings is 2. The van der Waals surface area contributed by atoms with Crippen LogP contribution < -0.4 is 14.8 Å². The van der Waals surface area contributed by atoms with Crippen LogP contribution in [-0.2, 0) is 22.4 Å². The zero-order valence-electron chi connectivity index (χ0n) is 18.8. The Morgan fingerprint density at radius 2 is 1.81 bits per heavy atom. The second-order valence-electron chi connectivity index (χ2n) is 8.07. The number of aliphatic hydroxyl groups excluding tert-OH is 1. The lowest BCUT2D eigenvalue weighted by molar-refractivity contribution is -0.386. The van der Waals surface area contributed by atoms with Gasteiger partial charge in [0.15, 0.2) is 5.75 Å². The number of nitro benzene ring substituents is 1. The number of nitrogens with zero attached hydrogens (tertiary/aromatic N) is 1. The normalized spacial score (nSPS) is 12.2. The summed E-state index contributed by atoms with van der Waals surface area (Å²) in [6, 6.07) is 12.0. The third kappa shape index (κ3) is 7.82. The van der Waals surface area contributed by atoms with Crippen LogP contribution in [-0.4, -0.2) is 55.0 Å². The third-order valence-corrected chi connectivity index (χ3v) is 4.85. The average Bonchev–Trinajstić information content (AvgIpc) is 2.76. The molecule has 0 spiro atoms. The number of hydrogen-bond donors (Lipinski definition) is 2. The summed E-state index contributed by atoms with van der Waals surface area (Å²) in [5.41, 5.74) is 0.999. The molecule has 9 nitrogen and oxygen atoms in total. The van der Waals surface area contributed by atoms with Crippen LogP contribution in [0.5, 0.6) is 11.5 Å². The fourth-order valence-electron chi connectivity index (χ4n) is 3.13. The smallest absolute Gasteiger partial charge is 0.311 e. The van der Waals surface area contributed by atoms with Gasteiger partial charge in [0, 0.05) is 18.2 Å². The summed E-state index contributed by atoms with van der Waals surface area (Å²) in [5.74, 6) is 0.325. The molecule has 1 atom stereocenters.